The Balaban J connectivity index is 1.52. The van der Waals surface area contributed by atoms with Gasteiger partial charge < -0.3 is 4.90 Å². The largest absolute Gasteiger partial charge is 0.342 e. The predicted molar refractivity (Wildman–Crippen MR) is 89.4 cm³/mol. The number of hydrogen-bond acceptors (Lipinski definition) is 3. The monoisotopic (exact) mass is 333 g/mol. The van der Waals surface area contributed by atoms with Crippen molar-refractivity contribution in [1.29, 1.82) is 0 Å². The number of hydrogen-bond donors (Lipinski definition) is 1. The third-order valence-corrected chi connectivity index (χ3v) is 4.84. The molecule has 122 valence electrons. The number of rotatable bonds is 4. The number of likely N-dealkylation sites (tertiary alicyclic amines) is 1. The van der Waals surface area contributed by atoms with Crippen molar-refractivity contribution < 1.29 is 9.59 Å². The summed E-state index contributed by atoms with van der Waals surface area (Å²) in [6, 6.07) is 7.85. The second-order valence-electron chi connectivity index (χ2n) is 6.06. The van der Waals surface area contributed by atoms with E-state index in [9.17, 15) is 9.59 Å². The van der Waals surface area contributed by atoms with Crippen molar-refractivity contribution in [3.63, 3.8) is 0 Å². The van der Waals surface area contributed by atoms with E-state index in [1.54, 1.807) is 0 Å². The minimum absolute atomic E-state index is 0.0535. The van der Waals surface area contributed by atoms with Crippen molar-refractivity contribution in [1.82, 2.24) is 10.3 Å². The van der Waals surface area contributed by atoms with E-state index in [0.29, 0.717) is 31.6 Å². The van der Waals surface area contributed by atoms with E-state index in [1.807, 2.05) is 29.2 Å². The van der Waals surface area contributed by atoms with E-state index in [0.717, 1.165) is 35.8 Å². The summed E-state index contributed by atoms with van der Waals surface area (Å²) in [5.41, 5.74) is 4.50. The molecule has 2 amide bonds. The molecule has 0 radical (unpaired) electrons. The number of hydrazone groups is 1. The summed E-state index contributed by atoms with van der Waals surface area (Å²) in [4.78, 5) is 25.3. The first-order chi connectivity index (χ1) is 11.1. The van der Waals surface area contributed by atoms with E-state index < -0.39 is 0 Å². The van der Waals surface area contributed by atoms with E-state index in [2.05, 4.69) is 10.5 Å². The molecule has 1 aromatic carbocycles. The molecule has 0 bridgehead atoms. The molecule has 1 aromatic rings. The van der Waals surface area contributed by atoms with Gasteiger partial charge in [-0.3, -0.25) is 9.59 Å². The lowest BCUT2D eigenvalue weighted by atomic mass is 9.98. The van der Waals surface area contributed by atoms with Crippen molar-refractivity contribution >= 4 is 29.1 Å². The first-order valence-electron chi connectivity index (χ1n) is 8.00. The van der Waals surface area contributed by atoms with Crippen LogP contribution in [0.3, 0.4) is 0 Å². The van der Waals surface area contributed by atoms with Crippen molar-refractivity contribution in [3.8, 4) is 0 Å². The Bertz CT molecular complexity index is 644. The molecule has 1 fully saturated rings. The topological polar surface area (TPSA) is 61.8 Å². The molecule has 3 rings (SSSR count). The van der Waals surface area contributed by atoms with Crippen molar-refractivity contribution in [2.45, 2.75) is 38.0 Å². The fraction of sp³-hybridized carbons (Fsp3) is 0.471. The van der Waals surface area contributed by atoms with Crippen LogP contribution in [0.25, 0.3) is 0 Å². The highest BCUT2D eigenvalue weighted by molar-refractivity contribution is 6.31. The summed E-state index contributed by atoms with van der Waals surface area (Å²) >= 11 is 6.25. The summed E-state index contributed by atoms with van der Waals surface area (Å²) in [7, 11) is 0. The highest BCUT2D eigenvalue weighted by Gasteiger charge is 2.28. The van der Waals surface area contributed by atoms with E-state index in [1.165, 1.54) is 0 Å². The smallest absolute Gasteiger partial charge is 0.240 e. The standard InChI is InChI=1S/C17H20ClN3O2/c18-15-4-2-1-3-14(15)12-9-10-21(11-12)17(23)8-6-13-5-7-16(22)20-19-13/h1-4,12H,5-11H2,(H,20,22). The molecule has 6 heteroatoms. The maximum absolute atomic E-state index is 12.4. The van der Waals surface area contributed by atoms with E-state index in [-0.39, 0.29) is 11.8 Å². The zero-order chi connectivity index (χ0) is 16.2. The van der Waals surface area contributed by atoms with Gasteiger partial charge in [0.1, 0.15) is 0 Å². The molecule has 2 heterocycles. The fourth-order valence-corrected chi connectivity index (χ4v) is 3.44. The summed E-state index contributed by atoms with van der Waals surface area (Å²) in [5, 5.41) is 4.79. The number of amides is 2. The average Bonchev–Trinajstić information content (AvgIpc) is 3.04. The van der Waals surface area contributed by atoms with Gasteiger partial charge in [0.15, 0.2) is 0 Å². The molecule has 1 atom stereocenters. The Morgan fingerprint density at radius 3 is 2.91 bits per heavy atom. The van der Waals surface area contributed by atoms with Gasteiger partial charge in [-0.25, -0.2) is 5.43 Å². The molecule has 5 nitrogen and oxygen atoms in total. The van der Waals surface area contributed by atoms with Crippen molar-refractivity contribution in [2.24, 2.45) is 5.10 Å². The van der Waals surface area contributed by atoms with Gasteiger partial charge in [-0.2, -0.15) is 5.10 Å². The number of benzene rings is 1. The Morgan fingerprint density at radius 2 is 2.17 bits per heavy atom. The molecule has 1 N–H and O–H groups in total. The molecule has 0 aliphatic carbocycles. The van der Waals surface area contributed by atoms with Crippen LogP contribution in [0.15, 0.2) is 29.4 Å². The zero-order valence-electron chi connectivity index (χ0n) is 12.9. The van der Waals surface area contributed by atoms with Gasteiger partial charge in [0.2, 0.25) is 11.8 Å². The van der Waals surface area contributed by atoms with Crippen LogP contribution in [-0.4, -0.2) is 35.5 Å². The molecule has 2 aliphatic rings. The Kier molecular flexibility index (Phi) is 4.96. The second kappa shape index (κ2) is 7.13. The average molecular weight is 334 g/mol. The normalized spacial score (nSPS) is 21.1. The number of nitrogens with zero attached hydrogens (tertiary/aromatic N) is 2. The maximum atomic E-state index is 12.4. The third-order valence-electron chi connectivity index (χ3n) is 4.49. The zero-order valence-corrected chi connectivity index (χ0v) is 13.7. The molecule has 1 saturated heterocycles. The van der Waals surface area contributed by atoms with Gasteiger partial charge in [0, 0.05) is 42.6 Å². The Morgan fingerprint density at radius 1 is 1.35 bits per heavy atom. The van der Waals surface area contributed by atoms with Crippen LogP contribution in [-0.2, 0) is 9.59 Å². The Labute approximate surface area is 140 Å². The van der Waals surface area contributed by atoms with Gasteiger partial charge in [-0.15, -0.1) is 0 Å². The fourth-order valence-electron chi connectivity index (χ4n) is 3.15. The van der Waals surface area contributed by atoms with E-state index in [4.69, 9.17) is 11.6 Å². The first-order valence-corrected chi connectivity index (χ1v) is 8.38. The SMILES string of the molecule is O=C1CCC(CCC(=O)N2CCC(c3ccccc3Cl)C2)=NN1. The van der Waals surface area contributed by atoms with Gasteiger partial charge >= 0.3 is 0 Å². The lowest BCUT2D eigenvalue weighted by Crippen LogP contribution is -2.30. The first kappa shape index (κ1) is 16.0. The lowest BCUT2D eigenvalue weighted by molar-refractivity contribution is -0.130. The van der Waals surface area contributed by atoms with Gasteiger partial charge in [-0.05, 0) is 30.9 Å². The highest BCUT2D eigenvalue weighted by Crippen LogP contribution is 2.32. The van der Waals surface area contributed by atoms with Crippen LogP contribution in [0.2, 0.25) is 5.02 Å². The molecular weight excluding hydrogens is 314 g/mol. The predicted octanol–water partition coefficient (Wildman–Crippen LogP) is 2.70. The van der Waals surface area contributed by atoms with Crippen LogP contribution >= 0.6 is 11.6 Å². The molecule has 0 spiro atoms. The maximum Gasteiger partial charge on any atom is 0.240 e. The van der Waals surface area contributed by atoms with Crippen LogP contribution in [0.4, 0.5) is 0 Å². The molecule has 0 aromatic heterocycles. The van der Waals surface area contributed by atoms with Gasteiger partial charge in [-0.1, -0.05) is 29.8 Å². The van der Waals surface area contributed by atoms with Crippen LogP contribution in [0.1, 0.15) is 43.6 Å². The molecular formula is C17H20ClN3O2. The second-order valence-corrected chi connectivity index (χ2v) is 6.47. The van der Waals surface area contributed by atoms with Crippen molar-refractivity contribution in [2.75, 3.05) is 13.1 Å². The number of halogens is 1. The van der Waals surface area contributed by atoms with Crippen molar-refractivity contribution in [3.05, 3.63) is 34.9 Å². The molecule has 23 heavy (non-hydrogen) atoms. The van der Waals surface area contributed by atoms with E-state index >= 15 is 0 Å². The summed E-state index contributed by atoms with van der Waals surface area (Å²) < 4.78 is 0. The molecule has 1 unspecified atom stereocenters. The number of nitrogens with one attached hydrogen (secondary N) is 1. The summed E-state index contributed by atoms with van der Waals surface area (Å²) in [5.74, 6) is 0.417. The summed E-state index contributed by atoms with van der Waals surface area (Å²) in [6.45, 7) is 1.50. The quantitative estimate of drug-likeness (QED) is 0.920. The van der Waals surface area contributed by atoms with Gasteiger partial charge in [0.05, 0.1) is 0 Å². The minimum atomic E-state index is -0.0535. The van der Waals surface area contributed by atoms with Crippen LogP contribution < -0.4 is 5.43 Å². The van der Waals surface area contributed by atoms with Crippen LogP contribution in [0, 0.1) is 0 Å². The summed E-state index contributed by atoms with van der Waals surface area (Å²) in [6.07, 6.45) is 3.13. The minimum Gasteiger partial charge on any atom is -0.342 e. The van der Waals surface area contributed by atoms with Crippen LogP contribution in [0.5, 0.6) is 0 Å². The molecule has 2 aliphatic heterocycles. The highest BCUT2D eigenvalue weighted by atomic mass is 35.5. The number of carbonyl (C=O) groups excluding carboxylic acids is 2. The molecule has 0 saturated carbocycles. The number of carbonyl (C=O) groups is 2. The lowest BCUT2D eigenvalue weighted by Gasteiger charge is -2.18. The van der Waals surface area contributed by atoms with Gasteiger partial charge in [0.25, 0.3) is 0 Å². The Hall–Kier alpha value is -1.88. The third kappa shape index (κ3) is 3.91.